The number of morpholine rings is 1. The lowest BCUT2D eigenvalue weighted by molar-refractivity contribution is -0.118. The van der Waals surface area contributed by atoms with Crippen LogP contribution in [0.2, 0.25) is 0 Å². The summed E-state index contributed by atoms with van der Waals surface area (Å²) in [5, 5.41) is 4.07. The van der Waals surface area contributed by atoms with Gasteiger partial charge in [-0.15, -0.1) is 0 Å². The van der Waals surface area contributed by atoms with E-state index in [1.165, 1.54) is 11.8 Å². The van der Waals surface area contributed by atoms with Crippen LogP contribution in [0.3, 0.4) is 0 Å². The minimum atomic E-state index is -0.617. The van der Waals surface area contributed by atoms with Gasteiger partial charge in [-0.1, -0.05) is 23.9 Å². The maximum absolute atomic E-state index is 12.5. The molecule has 2 heterocycles. The fourth-order valence-electron chi connectivity index (χ4n) is 3.65. The Morgan fingerprint density at radius 2 is 1.97 bits per heavy atom. The highest BCUT2D eigenvalue weighted by atomic mass is 32.2. The summed E-state index contributed by atoms with van der Waals surface area (Å²) in [5.74, 6) is -0.717. The van der Waals surface area contributed by atoms with Crippen molar-refractivity contribution in [3.05, 3.63) is 42.0 Å². The fraction of sp³-hybridized carbons (Fsp3) is 0.273. The Morgan fingerprint density at radius 1 is 1.19 bits per heavy atom. The normalized spacial score (nSPS) is 14.4. The number of hydrogen-bond acceptors (Lipinski definition) is 8. The van der Waals surface area contributed by atoms with Crippen molar-refractivity contribution in [3.8, 4) is 11.3 Å². The molecule has 0 spiro atoms. The molecule has 1 aromatic heterocycles. The molecule has 9 nitrogen and oxygen atoms in total. The Kier molecular flexibility index (Phi) is 6.54. The molecular weight excluding hydrogens is 428 g/mol. The summed E-state index contributed by atoms with van der Waals surface area (Å²) < 4.78 is 5.32. The zero-order chi connectivity index (χ0) is 22.7. The van der Waals surface area contributed by atoms with Crippen LogP contribution in [0.15, 0.2) is 41.6 Å². The topological polar surface area (TPSA) is 136 Å². The van der Waals surface area contributed by atoms with Crippen LogP contribution in [0.1, 0.15) is 10.4 Å². The van der Waals surface area contributed by atoms with Crippen molar-refractivity contribution in [3.63, 3.8) is 0 Å². The van der Waals surface area contributed by atoms with Crippen LogP contribution in [0.5, 0.6) is 0 Å². The van der Waals surface area contributed by atoms with Crippen LogP contribution in [-0.4, -0.2) is 65.8 Å². The lowest BCUT2D eigenvalue weighted by Gasteiger charge is -2.25. The van der Waals surface area contributed by atoms with Gasteiger partial charge in [-0.05, 0) is 30.5 Å². The minimum Gasteiger partial charge on any atom is -0.397 e. The summed E-state index contributed by atoms with van der Waals surface area (Å²) >= 11 is 1.40. The van der Waals surface area contributed by atoms with Gasteiger partial charge in [0.2, 0.25) is 5.91 Å². The van der Waals surface area contributed by atoms with Crippen LogP contribution >= 0.6 is 11.8 Å². The monoisotopic (exact) mass is 452 g/mol. The molecule has 0 bridgehead atoms. The number of hydrogen-bond donors (Lipinski definition) is 3. The Hall–Kier alpha value is -3.21. The molecule has 5 N–H and O–H groups in total. The SMILES string of the molecule is CSc1nc(-c2cccc(NC(=O)CN3CCOCC3)c2)c2c(N)c(C(N)=O)ccc2n1. The summed E-state index contributed by atoms with van der Waals surface area (Å²) in [6.45, 7) is 3.04. The number of nitrogens with zero attached hydrogens (tertiary/aromatic N) is 3. The van der Waals surface area contributed by atoms with Crippen molar-refractivity contribution >= 4 is 45.9 Å². The van der Waals surface area contributed by atoms with E-state index >= 15 is 0 Å². The van der Waals surface area contributed by atoms with Gasteiger partial charge in [-0.3, -0.25) is 14.5 Å². The minimum absolute atomic E-state index is 0.100. The first-order valence-corrected chi connectivity index (χ1v) is 11.3. The van der Waals surface area contributed by atoms with E-state index < -0.39 is 5.91 Å². The van der Waals surface area contributed by atoms with Gasteiger partial charge in [-0.25, -0.2) is 9.97 Å². The van der Waals surface area contributed by atoms with E-state index in [1.54, 1.807) is 12.1 Å². The Bertz CT molecular complexity index is 1180. The molecule has 10 heteroatoms. The number of thioether (sulfide) groups is 1. The molecule has 0 atom stereocenters. The van der Waals surface area contributed by atoms with Gasteiger partial charge >= 0.3 is 0 Å². The second kappa shape index (κ2) is 9.51. The average molecular weight is 453 g/mol. The molecule has 3 aromatic rings. The number of amides is 2. The summed E-state index contributed by atoms with van der Waals surface area (Å²) in [5.41, 5.74) is 14.8. The first-order chi connectivity index (χ1) is 15.5. The molecule has 0 radical (unpaired) electrons. The molecular formula is C22H24N6O3S. The Morgan fingerprint density at radius 3 is 2.69 bits per heavy atom. The van der Waals surface area contributed by atoms with Gasteiger partial charge in [-0.2, -0.15) is 0 Å². The molecule has 0 unspecified atom stereocenters. The maximum atomic E-state index is 12.5. The Labute approximate surface area is 189 Å². The van der Waals surface area contributed by atoms with E-state index in [0.29, 0.717) is 47.2 Å². The fourth-order valence-corrected chi connectivity index (χ4v) is 4.02. The standard InChI is InChI=1S/C22H24N6O3S/c1-32-22-26-16-6-5-15(21(24)30)19(23)18(16)20(27-22)13-3-2-4-14(11-13)25-17(29)12-28-7-9-31-10-8-28/h2-6,11H,7-10,12,23H2,1H3,(H2,24,30)(H,25,29). The molecule has 2 aromatic carbocycles. The van der Waals surface area contributed by atoms with Crippen LogP contribution in [-0.2, 0) is 9.53 Å². The van der Waals surface area contributed by atoms with Crippen molar-refractivity contribution in [2.45, 2.75) is 5.16 Å². The lowest BCUT2D eigenvalue weighted by atomic mass is 10.0. The molecule has 1 saturated heterocycles. The molecule has 166 valence electrons. The third kappa shape index (κ3) is 4.67. The van der Waals surface area contributed by atoms with E-state index in [-0.39, 0.29) is 17.2 Å². The van der Waals surface area contributed by atoms with E-state index in [0.717, 1.165) is 18.7 Å². The highest BCUT2D eigenvalue weighted by Crippen LogP contribution is 2.34. The van der Waals surface area contributed by atoms with Gasteiger partial charge in [0.25, 0.3) is 5.91 Å². The van der Waals surface area contributed by atoms with Crippen molar-refractivity contribution in [1.82, 2.24) is 14.9 Å². The number of carbonyl (C=O) groups is 2. The number of nitrogens with two attached hydrogens (primary N) is 2. The van der Waals surface area contributed by atoms with Crippen molar-refractivity contribution < 1.29 is 14.3 Å². The second-order valence-corrected chi connectivity index (χ2v) is 8.13. The van der Waals surface area contributed by atoms with Crippen LogP contribution in [0.25, 0.3) is 22.2 Å². The number of carbonyl (C=O) groups excluding carboxylic acids is 2. The number of rotatable bonds is 6. The number of primary amides is 1. The summed E-state index contributed by atoms with van der Waals surface area (Å²) in [7, 11) is 0. The van der Waals surface area contributed by atoms with Gasteiger partial charge in [0.05, 0.1) is 47.6 Å². The molecule has 2 amide bonds. The number of nitrogen functional groups attached to an aromatic ring is 1. The number of aromatic nitrogens is 2. The van der Waals surface area contributed by atoms with Crippen molar-refractivity contribution in [2.75, 3.05) is 50.2 Å². The number of benzene rings is 2. The van der Waals surface area contributed by atoms with E-state index in [2.05, 4.69) is 20.2 Å². The van der Waals surface area contributed by atoms with Gasteiger partial charge in [0, 0.05) is 24.3 Å². The van der Waals surface area contributed by atoms with Gasteiger partial charge in [0.15, 0.2) is 5.16 Å². The molecule has 0 aliphatic carbocycles. The number of anilines is 2. The van der Waals surface area contributed by atoms with Crippen LogP contribution < -0.4 is 16.8 Å². The van der Waals surface area contributed by atoms with Crippen molar-refractivity contribution in [1.29, 1.82) is 0 Å². The number of fused-ring (bicyclic) bond motifs is 1. The molecule has 32 heavy (non-hydrogen) atoms. The highest BCUT2D eigenvalue weighted by Gasteiger charge is 2.18. The summed E-state index contributed by atoms with van der Waals surface area (Å²) in [6.07, 6.45) is 1.88. The molecule has 4 rings (SSSR count). The molecule has 0 saturated carbocycles. The smallest absolute Gasteiger partial charge is 0.250 e. The first kappa shape index (κ1) is 22.0. The molecule has 1 aliphatic rings. The molecule has 1 aliphatic heterocycles. The molecule has 1 fully saturated rings. The van der Waals surface area contributed by atoms with E-state index in [1.807, 2.05) is 30.5 Å². The van der Waals surface area contributed by atoms with E-state index in [4.69, 9.17) is 16.2 Å². The highest BCUT2D eigenvalue weighted by molar-refractivity contribution is 7.98. The lowest BCUT2D eigenvalue weighted by Crippen LogP contribution is -2.41. The zero-order valence-electron chi connectivity index (χ0n) is 17.6. The third-order valence-electron chi connectivity index (χ3n) is 5.22. The summed E-state index contributed by atoms with van der Waals surface area (Å²) in [6, 6.07) is 10.6. The number of ether oxygens (including phenoxy) is 1. The predicted molar refractivity (Wildman–Crippen MR) is 126 cm³/mol. The summed E-state index contributed by atoms with van der Waals surface area (Å²) in [4.78, 5) is 35.5. The predicted octanol–water partition coefficient (Wildman–Crippen LogP) is 1.97. The quantitative estimate of drug-likeness (QED) is 0.293. The van der Waals surface area contributed by atoms with Crippen LogP contribution in [0, 0.1) is 0 Å². The number of nitrogens with one attached hydrogen (secondary N) is 1. The van der Waals surface area contributed by atoms with Gasteiger partial charge in [0.1, 0.15) is 0 Å². The third-order valence-corrected chi connectivity index (χ3v) is 5.77. The Balaban J connectivity index is 1.70. The largest absolute Gasteiger partial charge is 0.397 e. The maximum Gasteiger partial charge on any atom is 0.250 e. The second-order valence-electron chi connectivity index (χ2n) is 7.36. The van der Waals surface area contributed by atoms with E-state index in [9.17, 15) is 9.59 Å². The zero-order valence-corrected chi connectivity index (χ0v) is 18.4. The van der Waals surface area contributed by atoms with Gasteiger partial charge < -0.3 is 21.5 Å². The first-order valence-electron chi connectivity index (χ1n) is 10.1. The average Bonchev–Trinajstić information content (AvgIpc) is 2.79. The van der Waals surface area contributed by atoms with Crippen LogP contribution in [0.4, 0.5) is 11.4 Å². The van der Waals surface area contributed by atoms with Crippen molar-refractivity contribution in [2.24, 2.45) is 5.73 Å².